The van der Waals surface area contributed by atoms with Gasteiger partial charge in [-0.3, -0.25) is 9.59 Å². The van der Waals surface area contributed by atoms with Gasteiger partial charge in [-0.2, -0.15) is 0 Å². The van der Waals surface area contributed by atoms with E-state index in [9.17, 15) is 9.59 Å². The molecule has 0 aromatic rings. The molecule has 2 amide bonds. The van der Waals surface area contributed by atoms with Gasteiger partial charge in [0.05, 0.1) is 0 Å². The molecule has 3 N–H and O–H groups in total. The Labute approximate surface area is 114 Å². The van der Waals surface area contributed by atoms with Gasteiger partial charge in [-0.25, -0.2) is 0 Å². The largest absolute Gasteiger partial charge is 0.353 e. The first-order valence-corrected chi connectivity index (χ1v) is 7.42. The minimum atomic E-state index is -0.346. The summed E-state index contributed by atoms with van der Waals surface area (Å²) in [5, 5.41) is 2.82. The van der Waals surface area contributed by atoms with Crippen molar-refractivity contribution in [1.82, 2.24) is 10.2 Å². The average Bonchev–Trinajstić information content (AvgIpc) is 2.38. The van der Waals surface area contributed by atoms with Crippen LogP contribution in [0.1, 0.15) is 51.9 Å². The Hall–Kier alpha value is -1.10. The molecule has 0 radical (unpaired) electrons. The Bertz CT molecular complexity index is 351. The molecule has 1 aliphatic carbocycles. The molecule has 1 saturated carbocycles. The molecule has 1 atom stereocenters. The predicted molar refractivity (Wildman–Crippen MR) is 73.4 cm³/mol. The number of piperazine rings is 1. The molecule has 1 aliphatic heterocycles. The third-order valence-corrected chi connectivity index (χ3v) is 4.39. The molecule has 2 aliphatic rings. The lowest BCUT2D eigenvalue weighted by Gasteiger charge is -2.38. The van der Waals surface area contributed by atoms with Crippen molar-refractivity contribution in [2.24, 2.45) is 5.73 Å². The van der Waals surface area contributed by atoms with Crippen molar-refractivity contribution in [3.8, 4) is 0 Å². The van der Waals surface area contributed by atoms with Gasteiger partial charge in [0.1, 0.15) is 6.04 Å². The van der Waals surface area contributed by atoms with Crippen LogP contribution in [0.4, 0.5) is 0 Å². The summed E-state index contributed by atoms with van der Waals surface area (Å²) in [6.07, 6.45) is 6.34. The molecule has 0 spiro atoms. The van der Waals surface area contributed by atoms with E-state index in [1.165, 1.54) is 6.42 Å². The zero-order chi connectivity index (χ0) is 13.9. The number of nitrogens with two attached hydrogens (primary N) is 1. The van der Waals surface area contributed by atoms with Gasteiger partial charge in [0.2, 0.25) is 11.8 Å². The van der Waals surface area contributed by atoms with E-state index in [-0.39, 0.29) is 23.4 Å². The fraction of sp³-hybridized carbons (Fsp3) is 0.857. The number of hydrogen-bond donors (Lipinski definition) is 2. The van der Waals surface area contributed by atoms with E-state index in [4.69, 9.17) is 5.73 Å². The normalized spacial score (nSPS) is 26.9. The fourth-order valence-corrected chi connectivity index (χ4v) is 3.25. The minimum Gasteiger partial charge on any atom is -0.353 e. The van der Waals surface area contributed by atoms with Crippen LogP contribution >= 0.6 is 0 Å². The molecule has 2 rings (SSSR count). The van der Waals surface area contributed by atoms with Crippen molar-refractivity contribution in [3.05, 3.63) is 0 Å². The van der Waals surface area contributed by atoms with Crippen LogP contribution in [0.5, 0.6) is 0 Å². The van der Waals surface area contributed by atoms with E-state index in [0.717, 1.165) is 25.7 Å². The summed E-state index contributed by atoms with van der Waals surface area (Å²) >= 11 is 0. The summed E-state index contributed by atoms with van der Waals surface area (Å²) in [7, 11) is 0. The van der Waals surface area contributed by atoms with Crippen LogP contribution in [0.3, 0.4) is 0 Å². The van der Waals surface area contributed by atoms with Crippen molar-refractivity contribution >= 4 is 11.8 Å². The highest BCUT2D eigenvalue weighted by Gasteiger charge is 2.36. The molecular formula is C14H25N3O2. The SMILES string of the molecule is CCC1C(=O)NCCN1C(=O)CC1(N)CCCCC1. The predicted octanol–water partition coefficient (Wildman–Crippen LogP) is 0.775. The zero-order valence-electron chi connectivity index (χ0n) is 11.8. The first kappa shape index (κ1) is 14.3. The highest BCUT2D eigenvalue weighted by atomic mass is 16.2. The first-order chi connectivity index (χ1) is 9.06. The quantitative estimate of drug-likeness (QED) is 0.793. The Morgan fingerprint density at radius 2 is 2.11 bits per heavy atom. The van der Waals surface area contributed by atoms with E-state index in [1.807, 2.05) is 6.92 Å². The van der Waals surface area contributed by atoms with Crippen LogP contribution in [0.25, 0.3) is 0 Å². The van der Waals surface area contributed by atoms with Crippen LogP contribution in [-0.2, 0) is 9.59 Å². The van der Waals surface area contributed by atoms with Crippen LogP contribution in [-0.4, -0.2) is 41.4 Å². The monoisotopic (exact) mass is 267 g/mol. The number of nitrogens with zero attached hydrogens (tertiary/aromatic N) is 1. The molecule has 0 aromatic heterocycles. The number of carbonyl (C=O) groups is 2. The van der Waals surface area contributed by atoms with Crippen molar-refractivity contribution in [2.45, 2.75) is 63.5 Å². The molecule has 1 unspecified atom stereocenters. The number of hydrogen-bond acceptors (Lipinski definition) is 3. The summed E-state index contributed by atoms with van der Waals surface area (Å²) in [6.45, 7) is 3.10. The van der Waals surface area contributed by atoms with E-state index in [2.05, 4.69) is 5.32 Å². The van der Waals surface area contributed by atoms with Crippen molar-refractivity contribution < 1.29 is 9.59 Å². The Morgan fingerprint density at radius 3 is 2.74 bits per heavy atom. The van der Waals surface area contributed by atoms with Crippen molar-refractivity contribution in [3.63, 3.8) is 0 Å². The van der Waals surface area contributed by atoms with Crippen molar-refractivity contribution in [2.75, 3.05) is 13.1 Å². The molecule has 0 bridgehead atoms. The summed E-state index contributed by atoms with van der Waals surface area (Å²) in [6, 6.07) is -0.312. The summed E-state index contributed by atoms with van der Waals surface area (Å²) in [5.41, 5.74) is 5.99. The average molecular weight is 267 g/mol. The lowest BCUT2D eigenvalue weighted by Crippen LogP contribution is -2.58. The van der Waals surface area contributed by atoms with Gasteiger partial charge in [0.15, 0.2) is 0 Å². The van der Waals surface area contributed by atoms with Gasteiger partial charge in [-0.1, -0.05) is 26.2 Å². The van der Waals surface area contributed by atoms with E-state index < -0.39 is 0 Å². The molecule has 2 fully saturated rings. The molecule has 19 heavy (non-hydrogen) atoms. The molecule has 1 saturated heterocycles. The van der Waals surface area contributed by atoms with Gasteiger partial charge in [-0.05, 0) is 19.3 Å². The molecule has 5 heteroatoms. The molecule has 0 aromatic carbocycles. The zero-order valence-corrected chi connectivity index (χ0v) is 11.8. The lowest BCUT2D eigenvalue weighted by atomic mass is 9.80. The second-order valence-corrected chi connectivity index (χ2v) is 5.90. The summed E-state index contributed by atoms with van der Waals surface area (Å²) in [5.74, 6) is 0.0166. The van der Waals surface area contributed by atoms with E-state index in [0.29, 0.717) is 25.9 Å². The van der Waals surface area contributed by atoms with Gasteiger partial charge < -0.3 is 16.0 Å². The van der Waals surface area contributed by atoms with Gasteiger partial charge in [0, 0.05) is 25.0 Å². The third kappa shape index (κ3) is 3.26. The summed E-state index contributed by atoms with van der Waals surface area (Å²) in [4.78, 5) is 26.0. The van der Waals surface area contributed by atoms with E-state index in [1.54, 1.807) is 4.90 Å². The third-order valence-electron chi connectivity index (χ3n) is 4.39. The maximum Gasteiger partial charge on any atom is 0.242 e. The topological polar surface area (TPSA) is 75.4 Å². The maximum absolute atomic E-state index is 12.5. The smallest absolute Gasteiger partial charge is 0.242 e. The highest BCUT2D eigenvalue weighted by molar-refractivity contribution is 5.89. The first-order valence-electron chi connectivity index (χ1n) is 7.42. The van der Waals surface area contributed by atoms with Crippen LogP contribution < -0.4 is 11.1 Å². The fourth-order valence-electron chi connectivity index (χ4n) is 3.25. The van der Waals surface area contributed by atoms with Gasteiger partial charge in [-0.15, -0.1) is 0 Å². The highest BCUT2D eigenvalue weighted by Crippen LogP contribution is 2.29. The van der Waals surface area contributed by atoms with Crippen LogP contribution in [0.15, 0.2) is 0 Å². The van der Waals surface area contributed by atoms with Gasteiger partial charge in [0.25, 0.3) is 0 Å². The second-order valence-electron chi connectivity index (χ2n) is 5.90. The van der Waals surface area contributed by atoms with Crippen LogP contribution in [0.2, 0.25) is 0 Å². The van der Waals surface area contributed by atoms with Crippen molar-refractivity contribution in [1.29, 1.82) is 0 Å². The number of carbonyl (C=O) groups excluding carboxylic acids is 2. The number of rotatable bonds is 3. The maximum atomic E-state index is 12.5. The Balaban J connectivity index is 1.99. The Kier molecular flexibility index (Phi) is 4.45. The van der Waals surface area contributed by atoms with Gasteiger partial charge >= 0.3 is 0 Å². The van der Waals surface area contributed by atoms with E-state index >= 15 is 0 Å². The van der Waals surface area contributed by atoms with Crippen LogP contribution in [0, 0.1) is 0 Å². The minimum absolute atomic E-state index is 0.0307. The molecule has 108 valence electrons. The standard InChI is InChI=1S/C14H25N3O2/c1-2-11-13(19)16-8-9-17(11)12(18)10-14(15)6-4-3-5-7-14/h11H,2-10,15H2,1H3,(H,16,19). The second kappa shape index (κ2) is 5.90. The molecule has 5 nitrogen and oxygen atoms in total. The lowest BCUT2D eigenvalue weighted by molar-refractivity contribution is -0.144. The number of amides is 2. The Morgan fingerprint density at radius 1 is 1.42 bits per heavy atom. The number of nitrogens with one attached hydrogen (secondary N) is 1. The summed E-state index contributed by atoms with van der Waals surface area (Å²) < 4.78 is 0. The molecule has 1 heterocycles. The molecular weight excluding hydrogens is 242 g/mol.